The molecule has 5 nitrogen and oxygen atoms in total. The molecule has 0 spiro atoms. The van der Waals surface area contributed by atoms with Gasteiger partial charge in [-0.05, 0) is 13.5 Å². The lowest BCUT2D eigenvalue weighted by molar-refractivity contribution is -0.148. The Morgan fingerprint density at radius 2 is 2.29 bits per heavy atom. The van der Waals surface area contributed by atoms with Crippen LogP contribution in [0.4, 0.5) is 0 Å². The van der Waals surface area contributed by atoms with Crippen molar-refractivity contribution in [1.82, 2.24) is 15.1 Å². The molecule has 98 valence electrons. The molecule has 2 aliphatic rings. The van der Waals surface area contributed by atoms with E-state index >= 15 is 0 Å². The van der Waals surface area contributed by atoms with Crippen molar-refractivity contribution in [2.24, 2.45) is 0 Å². The number of likely N-dealkylation sites (N-methyl/N-ethyl adjacent to an activating group) is 1. The van der Waals surface area contributed by atoms with Gasteiger partial charge in [0.1, 0.15) is 6.10 Å². The van der Waals surface area contributed by atoms with Crippen LogP contribution < -0.4 is 5.32 Å². The molecule has 1 amide bonds. The second-order valence-electron chi connectivity index (χ2n) is 4.83. The van der Waals surface area contributed by atoms with E-state index in [4.69, 9.17) is 4.74 Å². The monoisotopic (exact) mass is 241 g/mol. The van der Waals surface area contributed by atoms with Gasteiger partial charge in [0.05, 0.1) is 6.61 Å². The molecule has 0 aliphatic carbocycles. The van der Waals surface area contributed by atoms with E-state index in [9.17, 15) is 4.79 Å². The van der Waals surface area contributed by atoms with E-state index in [-0.39, 0.29) is 12.0 Å². The van der Waals surface area contributed by atoms with E-state index in [0.29, 0.717) is 19.2 Å². The highest BCUT2D eigenvalue weighted by molar-refractivity contribution is 5.81. The van der Waals surface area contributed by atoms with E-state index in [2.05, 4.69) is 24.1 Å². The Hall–Kier alpha value is -0.650. The van der Waals surface area contributed by atoms with Crippen LogP contribution in [-0.2, 0) is 9.53 Å². The van der Waals surface area contributed by atoms with Crippen LogP contribution in [0.1, 0.15) is 13.8 Å². The molecular formula is C12H23N3O2. The zero-order valence-corrected chi connectivity index (χ0v) is 10.8. The van der Waals surface area contributed by atoms with Gasteiger partial charge in [-0.25, -0.2) is 0 Å². The normalized spacial score (nSPS) is 31.5. The van der Waals surface area contributed by atoms with Crippen molar-refractivity contribution < 1.29 is 9.53 Å². The minimum atomic E-state index is -0.274. The number of ether oxygens (including phenoxy) is 1. The second-order valence-corrected chi connectivity index (χ2v) is 4.83. The molecule has 0 aromatic rings. The van der Waals surface area contributed by atoms with E-state index < -0.39 is 0 Å². The lowest BCUT2D eigenvalue weighted by atomic mass is 10.1. The summed E-state index contributed by atoms with van der Waals surface area (Å²) < 4.78 is 5.51. The molecule has 2 rings (SSSR count). The highest BCUT2D eigenvalue weighted by atomic mass is 16.5. The molecule has 1 N–H and O–H groups in total. The van der Waals surface area contributed by atoms with Gasteiger partial charge in [0.15, 0.2) is 0 Å². The molecule has 2 saturated heterocycles. The van der Waals surface area contributed by atoms with Gasteiger partial charge in [-0.2, -0.15) is 0 Å². The van der Waals surface area contributed by atoms with Crippen molar-refractivity contribution in [3.63, 3.8) is 0 Å². The lowest BCUT2D eigenvalue weighted by Gasteiger charge is -2.40. The fourth-order valence-corrected chi connectivity index (χ4v) is 2.59. The summed E-state index contributed by atoms with van der Waals surface area (Å²) in [6, 6.07) is 0.453. The fraction of sp³-hybridized carbons (Fsp3) is 0.917. The molecule has 0 aromatic heterocycles. The minimum Gasteiger partial charge on any atom is -0.366 e. The number of morpholine rings is 1. The average Bonchev–Trinajstić information content (AvgIpc) is 2.39. The Labute approximate surface area is 103 Å². The van der Waals surface area contributed by atoms with Crippen LogP contribution in [0.2, 0.25) is 0 Å². The fourth-order valence-electron chi connectivity index (χ4n) is 2.59. The highest BCUT2D eigenvalue weighted by Gasteiger charge is 2.31. The van der Waals surface area contributed by atoms with Crippen LogP contribution in [0.3, 0.4) is 0 Å². The first kappa shape index (κ1) is 12.8. The van der Waals surface area contributed by atoms with Crippen molar-refractivity contribution in [3.8, 4) is 0 Å². The third kappa shape index (κ3) is 2.97. The number of nitrogens with one attached hydrogen (secondary N) is 1. The van der Waals surface area contributed by atoms with Crippen LogP contribution in [0.15, 0.2) is 0 Å². The molecule has 2 atom stereocenters. The Kier molecular flexibility index (Phi) is 4.36. The molecule has 0 radical (unpaired) electrons. The predicted molar refractivity (Wildman–Crippen MR) is 65.9 cm³/mol. The van der Waals surface area contributed by atoms with E-state index in [0.717, 1.165) is 32.7 Å². The molecule has 2 heterocycles. The zero-order valence-electron chi connectivity index (χ0n) is 10.8. The molecule has 2 unspecified atom stereocenters. The standard InChI is InChI=1S/C12H23N3O2/c1-3-14-5-6-15(9-10(14)2)12(16)11-8-13-4-7-17-11/h10-11,13H,3-9H2,1-2H3. The van der Waals surface area contributed by atoms with Gasteiger partial charge in [-0.3, -0.25) is 9.69 Å². The summed E-state index contributed by atoms with van der Waals surface area (Å²) in [6.45, 7) is 10.2. The number of nitrogens with zero attached hydrogens (tertiary/aromatic N) is 2. The number of carbonyl (C=O) groups is 1. The van der Waals surface area contributed by atoms with Gasteiger partial charge in [0.25, 0.3) is 5.91 Å². The van der Waals surface area contributed by atoms with Crippen molar-refractivity contribution in [1.29, 1.82) is 0 Å². The summed E-state index contributed by atoms with van der Waals surface area (Å²) >= 11 is 0. The van der Waals surface area contributed by atoms with Gasteiger partial charge in [0, 0.05) is 38.8 Å². The van der Waals surface area contributed by atoms with Gasteiger partial charge in [-0.1, -0.05) is 6.92 Å². The van der Waals surface area contributed by atoms with E-state index in [1.54, 1.807) is 0 Å². The maximum Gasteiger partial charge on any atom is 0.253 e. The van der Waals surface area contributed by atoms with Gasteiger partial charge < -0.3 is 15.0 Å². The second kappa shape index (κ2) is 5.80. The molecule has 0 saturated carbocycles. The summed E-state index contributed by atoms with van der Waals surface area (Å²) in [5, 5.41) is 3.20. The zero-order chi connectivity index (χ0) is 12.3. The Bertz CT molecular complexity index is 266. The molecule has 0 bridgehead atoms. The molecule has 17 heavy (non-hydrogen) atoms. The predicted octanol–water partition coefficient (Wildman–Crippen LogP) is -0.473. The number of hydrogen-bond acceptors (Lipinski definition) is 4. The average molecular weight is 241 g/mol. The quantitative estimate of drug-likeness (QED) is 0.710. The van der Waals surface area contributed by atoms with Crippen molar-refractivity contribution >= 4 is 5.91 Å². The maximum atomic E-state index is 12.2. The first-order valence-electron chi connectivity index (χ1n) is 6.57. The smallest absolute Gasteiger partial charge is 0.253 e. The maximum absolute atomic E-state index is 12.2. The van der Waals surface area contributed by atoms with Crippen LogP contribution in [-0.4, -0.2) is 73.7 Å². The topological polar surface area (TPSA) is 44.8 Å². The van der Waals surface area contributed by atoms with Crippen LogP contribution >= 0.6 is 0 Å². The largest absolute Gasteiger partial charge is 0.366 e. The van der Waals surface area contributed by atoms with E-state index in [1.165, 1.54) is 0 Å². The first-order valence-corrected chi connectivity index (χ1v) is 6.57. The third-order valence-electron chi connectivity index (χ3n) is 3.69. The van der Waals surface area contributed by atoms with Crippen LogP contribution in [0.5, 0.6) is 0 Å². The molecule has 2 aliphatic heterocycles. The number of carbonyl (C=O) groups excluding carboxylic acids is 1. The summed E-state index contributed by atoms with van der Waals surface area (Å²) in [5.41, 5.74) is 0. The van der Waals surface area contributed by atoms with Crippen LogP contribution in [0.25, 0.3) is 0 Å². The molecule has 2 fully saturated rings. The Balaban J connectivity index is 1.87. The number of piperazine rings is 1. The molecule has 5 heteroatoms. The Morgan fingerprint density at radius 3 is 2.88 bits per heavy atom. The third-order valence-corrected chi connectivity index (χ3v) is 3.69. The van der Waals surface area contributed by atoms with Gasteiger partial charge in [0.2, 0.25) is 0 Å². The lowest BCUT2D eigenvalue weighted by Crippen LogP contribution is -2.57. The van der Waals surface area contributed by atoms with E-state index in [1.807, 2.05) is 4.90 Å². The molecule has 0 aromatic carbocycles. The number of hydrogen-bond donors (Lipinski definition) is 1. The first-order chi connectivity index (χ1) is 8.22. The van der Waals surface area contributed by atoms with Gasteiger partial charge >= 0.3 is 0 Å². The van der Waals surface area contributed by atoms with Gasteiger partial charge in [-0.15, -0.1) is 0 Å². The summed E-state index contributed by atoms with van der Waals surface area (Å²) in [7, 11) is 0. The highest BCUT2D eigenvalue weighted by Crippen LogP contribution is 2.11. The summed E-state index contributed by atoms with van der Waals surface area (Å²) in [4.78, 5) is 16.6. The minimum absolute atomic E-state index is 0.153. The number of amides is 1. The van der Waals surface area contributed by atoms with Crippen molar-refractivity contribution in [2.45, 2.75) is 26.0 Å². The summed E-state index contributed by atoms with van der Waals surface area (Å²) in [6.07, 6.45) is -0.274. The SMILES string of the molecule is CCN1CCN(C(=O)C2CNCCO2)CC1C. The van der Waals surface area contributed by atoms with Crippen molar-refractivity contribution in [2.75, 3.05) is 45.9 Å². The number of rotatable bonds is 2. The Morgan fingerprint density at radius 1 is 1.47 bits per heavy atom. The van der Waals surface area contributed by atoms with Crippen LogP contribution in [0, 0.1) is 0 Å². The molecular weight excluding hydrogens is 218 g/mol. The van der Waals surface area contributed by atoms with Crippen molar-refractivity contribution in [3.05, 3.63) is 0 Å². The summed E-state index contributed by atoms with van der Waals surface area (Å²) in [5.74, 6) is 0.153.